The zero-order valence-electron chi connectivity index (χ0n) is 10.6. The Hall–Kier alpha value is -1.59. The molecule has 1 N–H and O–H groups in total. The number of nitrogens with one attached hydrogen (secondary N) is 1. The minimum absolute atomic E-state index is 0.00516. The van der Waals surface area contributed by atoms with E-state index in [9.17, 15) is 10.1 Å². The number of hydrogen-bond acceptors (Lipinski definition) is 3. The summed E-state index contributed by atoms with van der Waals surface area (Å²) >= 11 is 9.24. The zero-order valence-corrected chi connectivity index (χ0v) is 13.0. The lowest BCUT2D eigenvalue weighted by molar-refractivity contribution is -0.384. The molecule has 0 amide bonds. The first-order valence-electron chi connectivity index (χ1n) is 5.93. The van der Waals surface area contributed by atoms with Crippen LogP contribution in [0.3, 0.4) is 0 Å². The van der Waals surface area contributed by atoms with Crippen molar-refractivity contribution in [1.82, 2.24) is 0 Å². The third-order valence-corrected chi connectivity index (χ3v) is 3.85. The summed E-state index contributed by atoms with van der Waals surface area (Å²) in [5.74, 6) is 0. The van der Waals surface area contributed by atoms with Crippen molar-refractivity contribution < 1.29 is 4.92 Å². The van der Waals surface area contributed by atoms with E-state index in [1.165, 1.54) is 12.1 Å². The summed E-state index contributed by atoms with van der Waals surface area (Å²) in [5.41, 5.74) is 1.79. The normalized spacial score (nSPS) is 11.9. The second kappa shape index (κ2) is 6.24. The van der Waals surface area contributed by atoms with Crippen LogP contribution in [0.1, 0.15) is 18.5 Å². The highest BCUT2D eigenvalue weighted by molar-refractivity contribution is 9.10. The van der Waals surface area contributed by atoms with Crippen molar-refractivity contribution in [3.8, 4) is 0 Å². The molecule has 104 valence electrons. The first-order chi connectivity index (χ1) is 9.47. The molecule has 0 aliphatic rings. The number of nitrogens with zero attached hydrogens (tertiary/aromatic N) is 1. The van der Waals surface area contributed by atoms with Gasteiger partial charge in [-0.2, -0.15) is 0 Å². The lowest BCUT2D eigenvalue weighted by Gasteiger charge is -2.16. The minimum Gasteiger partial charge on any atom is -0.377 e. The molecule has 0 saturated heterocycles. The van der Waals surface area contributed by atoms with Gasteiger partial charge in [0.1, 0.15) is 0 Å². The Morgan fingerprint density at radius 1 is 1.25 bits per heavy atom. The average Bonchev–Trinajstić information content (AvgIpc) is 2.41. The van der Waals surface area contributed by atoms with Gasteiger partial charge < -0.3 is 5.32 Å². The van der Waals surface area contributed by atoms with E-state index in [0.717, 1.165) is 10.0 Å². The first-order valence-corrected chi connectivity index (χ1v) is 7.10. The second-order valence-corrected chi connectivity index (χ2v) is 5.63. The van der Waals surface area contributed by atoms with Gasteiger partial charge in [-0.1, -0.05) is 23.7 Å². The van der Waals surface area contributed by atoms with Crippen molar-refractivity contribution in [3.05, 3.63) is 67.6 Å². The molecule has 1 atom stereocenters. The fraction of sp³-hybridized carbons (Fsp3) is 0.143. The summed E-state index contributed by atoms with van der Waals surface area (Å²) in [6.07, 6.45) is 0. The van der Waals surface area contributed by atoms with E-state index in [2.05, 4.69) is 21.2 Å². The Labute approximate surface area is 130 Å². The van der Waals surface area contributed by atoms with Gasteiger partial charge in [0.25, 0.3) is 5.69 Å². The van der Waals surface area contributed by atoms with Gasteiger partial charge in [0, 0.05) is 27.7 Å². The number of nitro benzene ring substituents is 1. The van der Waals surface area contributed by atoms with Crippen LogP contribution in [-0.4, -0.2) is 4.92 Å². The van der Waals surface area contributed by atoms with Gasteiger partial charge in [-0.15, -0.1) is 0 Å². The molecule has 6 heteroatoms. The topological polar surface area (TPSA) is 55.2 Å². The zero-order chi connectivity index (χ0) is 14.7. The largest absolute Gasteiger partial charge is 0.377 e. The van der Waals surface area contributed by atoms with Crippen LogP contribution in [0, 0.1) is 10.1 Å². The summed E-state index contributed by atoms with van der Waals surface area (Å²) in [6.45, 7) is 1.98. The van der Waals surface area contributed by atoms with E-state index >= 15 is 0 Å². The first kappa shape index (κ1) is 14.8. The maximum Gasteiger partial charge on any atom is 0.271 e. The molecule has 0 fully saturated rings. The fourth-order valence-corrected chi connectivity index (χ4v) is 2.29. The van der Waals surface area contributed by atoms with E-state index in [0.29, 0.717) is 10.7 Å². The molecule has 0 aromatic heterocycles. The van der Waals surface area contributed by atoms with Gasteiger partial charge in [-0.3, -0.25) is 10.1 Å². The predicted octanol–water partition coefficient (Wildman–Crippen LogP) is 5.18. The highest BCUT2D eigenvalue weighted by Gasteiger charge is 2.12. The van der Waals surface area contributed by atoms with E-state index in [4.69, 9.17) is 11.6 Å². The van der Waals surface area contributed by atoms with Crippen molar-refractivity contribution >= 4 is 38.9 Å². The van der Waals surface area contributed by atoms with Gasteiger partial charge >= 0.3 is 0 Å². The quantitative estimate of drug-likeness (QED) is 0.607. The molecule has 0 bridgehead atoms. The van der Waals surface area contributed by atoms with Crippen LogP contribution in [0.2, 0.25) is 5.02 Å². The number of benzene rings is 2. The van der Waals surface area contributed by atoms with Crippen molar-refractivity contribution in [1.29, 1.82) is 0 Å². The van der Waals surface area contributed by atoms with Crippen molar-refractivity contribution in [2.45, 2.75) is 13.0 Å². The fourth-order valence-electron chi connectivity index (χ4n) is 1.81. The van der Waals surface area contributed by atoms with Gasteiger partial charge in [0.05, 0.1) is 10.6 Å². The lowest BCUT2D eigenvalue weighted by atomic mass is 10.1. The standard InChI is InChI=1S/C14H12BrClN2O2/c1-9(10-2-4-11(16)5-3-10)17-14-8-12(18(19)20)6-7-13(14)15/h2-9,17H,1H3. The molecule has 0 spiro atoms. The molecule has 1 unspecified atom stereocenters. The number of halogens is 2. The van der Waals surface area contributed by atoms with Gasteiger partial charge in [0.2, 0.25) is 0 Å². The van der Waals surface area contributed by atoms with Gasteiger partial charge in [0.15, 0.2) is 0 Å². The number of rotatable bonds is 4. The monoisotopic (exact) mass is 354 g/mol. The van der Waals surface area contributed by atoms with Gasteiger partial charge in [-0.05, 0) is 46.6 Å². The molecule has 2 aromatic rings. The summed E-state index contributed by atoms with van der Waals surface area (Å²) in [6, 6.07) is 12.1. The molecular formula is C14H12BrClN2O2. The number of non-ortho nitro benzene ring substituents is 1. The van der Waals surface area contributed by atoms with E-state index in [1.54, 1.807) is 6.07 Å². The second-order valence-electron chi connectivity index (χ2n) is 4.34. The maximum atomic E-state index is 10.8. The summed E-state index contributed by atoms with van der Waals surface area (Å²) in [7, 11) is 0. The van der Waals surface area contributed by atoms with E-state index < -0.39 is 4.92 Å². The SMILES string of the molecule is CC(Nc1cc([N+](=O)[O-])ccc1Br)c1ccc(Cl)cc1. The molecule has 2 rings (SSSR count). The smallest absolute Gasteiger partial charge is 0.271 e. The van der Waals surface area contributed by atoms with Crippen LogP contribution in [0.5, 0.6) is 0 Å². The summed E-state index contributed by atoms with van der Waals surface area (Å²) < 4.78 is 0.781. The molecule has 0 heterocycles. The van der Waals surface area contributed by atoms with Crippen LogP contribution in [0.15, 0.2) is 46.9 Å². The summed E-state index contributed by atoms with van der Waals surface area (Å²) in [4.78, 5) is 10.4. The van der Waals surface area contributed by atoms with Crippen molar-refractivity contribution in [2.75, 3.05) is 5.32 Å². The minimum atomic E-state index is -0.412. The third kappa shape index (κ3) is 3.49. The Morgan fingerprint density at radius 3 is 2.50 bits per heavy atom. The predicted molar refractivity (Wildman–Crippen MR) is 84.3 cm³/mol. The van der Waals surface area contributed by atoms with Crippen LogP contribution in [0.4, 0.5) is 11.4 Å². The van der Waals surface area contributed by atoms with Crippen LogP contribution in [-0.2, 0) is 0 Å². The number of hydrogen-bond donors (Lipinski definition) is 1. The molecule has 2 aromatic carbocycles. The van der Waals surface area contributed by atoms with E-state index in [-0.39, 0.29) is 11.7 Å². The van der Waals surface area contributed by atoms with Crippen LogP contribution >= 0.6 is 27.5 Å². The van der Waals surface area contributed by atoms with E-state index in [1.807, 2.05) is 31.2 Å². The van der Waals surface area contributed by atoms with Crippen LogP contribution in [0.25, 0.3) is 0 Å². The number of anilines is 1. The Balaban J connectivity index is 2.22. The van der Waals surface area contributed by atoms with Crippen molar-refractivity contribution in [2.24, 2.45) is 0 Å². The molecule has 4 nitrogen and oxygen atoms in total. The Morgan fingerprint density at radius 2 is 1.90 bits per heavy atom. The Kier molecular flexibility index (Phi) is 4.62. The van der Waals surface area contributed by atoms with Gasteiger partial charge in [-0.25, -0.2) is 0 Å². The summed E-state index contributed by atoms with van der Waals surface area (Å²) in [5, 5.41) is 14.7. The lowest BCUT2D eigenvalue weighted by Crippen LogP contribution is -2.07. The molecule has 0 radical (unpaired) electrons. The number of nitro groups is 1. The highest BCUT2D eigenvalue weighted by Crippen LogP contribution is 2.30. The molecular weight excluding hydrogens is 344 g/mol. The van der Waals surface area contributed by atoms with Crippen LogP contribution < -0.4 is 5.32 Å². The average molecular weight is 356 g/mol. The molecule has 0 saturated carbocycles. The maximum absolute atomic E-state index is 10.8. The Bertz CT molecular complexity index is 632. The molecule has 20 heavy (non-hydrogen) atoms. The molecule has 0 aliphatic heterocycles. The highest BCUT2D eigenvalue weighted by atomic mass is 79.9. The van der Waals surface area contributed by atoms with Crippen molar-refractivity contribution in [3.63, 3.8) is 0 Å². The molecule has 0 aliphatic carbocycles. The third-order valence-electron chi connectivity index (χ3n) is 2.90.